The van der Waals surface area contributed by atoms with Gasteiger partial charge in [-0.05, 0) is 19.3 Å². The molecule has 1 heterocycles. The largest absolute Gasteiger partial charge is 0.477 e. The number of rotatable bonds is 3. The molecule has 0 fully saturated rings. The van der Waals surface area contributed by atoms with Crippen molar-refractivity contribution in [3.63, 3.8) is 0 Å². The number of aliphatic hydroxyl groups is 1. The van der Waals surface area contributed by atoms with Gasteiger partial charge >= 0.3 is 5.97 Å². The minimum absolute atomic E-state index is 0.0456. The summed E-state index contributed by atoms with van der Waals surface area (Å²) in [5.41, 5.74) is 0.839. The van der Waals surface area contributed by atoms with Gasteiger partial charge in [0.25, 0.3) is 0 Å². The number of hydrogen-bond acceptors (Lipinski definition) is 4. The van der Waals surface area contributed by atoms with Gasteiger partial charge in [0.2, 0.25) is 0 Å². The van der Waals surface area contributed by atoms with E-state index in [4.69, 9.17) is 10.2 Å². The van der Waals surface area contributed by atoms with Crippen molar-refractivity contribution in [3.05, 3.63) is 17.0 Å². The third kappa shape index (κ3) is 2.08. The fraction of sp³-hybridized carbons (Fsp3) is 0.545. The summed E-state index contributed by atoms with van der Waals surface area (Å²) in [5.74, 6) is -1.20. The van der Waals surface area contributed by atoms with E-state index in [1.807, 2.05) is 0 Å². The molecule has 0 bridgehead atoms. The highest BCUT2D eigenvalue weighted by Crippen LogP contribution is 2.23. The molecule has 0 atom stereocenters. The molecule has 1 aliphatic rings. The molecule has 0 aliphatic heterocycles. The van der Waals surface area contributed by atoms with Crippen molar-refractivity contribution in [2.45, 2.75) is 32.2 Å². The fourth-order valence-electron chi connectivity index (χ4n) is 2.16. The highest BCUT2D eigenvalue weighted by molar-refractivity contribution is 5.99. The number of Topliss-reactive ketones (excluding diaryl/α,β-unsaturated/α-hetero) is 1. The van der Waals surface area contributed by atoms with Crippen LogP contribution in [0.4, 0.5) is 0 Å². The third-order valence-electron chi connectivity index (χ3n) is 2.91. The van der Waals surface area contributed by atoms with Gasteiger partial charge in [-0.3, -0.25) is 9.48 Å². The third-order valence-corrected chi connectivity index (χ3v) is 2.91. The summed E-state index contributed by atoms with van der Waals surface area (Å²) in [4.78, 5) is 23.0. The van der Waals surface area contributed by atoms with E-state index in [1.165, 1.54) is 4.68 Å². The van der Waals surface area contributed by atoms with Crippen LogP contribution in [-0.4, -0.2) is 38.4 Å². The molecule has 1 aromatic rings. The highest BCUT2D eigenvalue weighted by atomic mass is 16.4. The van der Waals surface area contributed by atoms with Crippen LogP contribution in [-0.2, 0) is 13.0 Å². The first-order valence-corrected chi connectivity index (χ1v) is 5.62. The summed E-state index contributed by atoms with van der Waals surface area (Å²) in [6, 6.07) is 0. The second-order valence-corrected chi connectivity index (χ2v) is 4.06. The Balaban J connectivity index is 2.54. The van der Waals surface area contributed by atoms with Crippen LogP contribution in [0.1, 0.15) is 45.8 Å². The van der Waals surface area contributed by atoms with Crippen LogP contribution < -0.4 is 0 Å². The van der Waals surface area contributed by atoms with E-state index in [-0.39, 0.29) is 30.3 Å². The van der Waals surface area contributed by atoms with E-state index in [0.717, 1.165) is 12.8 Å². The minimum atomic E-state index is -1.10. The number of fused-ring (bicyclic) bond motifs is 1. The molecule has 17 heavy (non-hydrogen) atoms. The van der Waals surface area contributed by atoms with Gasteiger partial charge in [-0.2, -0.15) is 5.10 Å². The number of carboxylic acids is 1. The molecule has 0 aromatic carbocycles. The number of ketones is 1. The number of carbonyl (C=O) groups is 2. The van der Waals surface area contributed by atoms with Crippen LogP contribution in [0.15, 0.2) is 0 Å². The van der Waals surface area contributed by atoms with Gasteiger partial charge in [0, 0.05) is 12.0 Å². The Bertz CT molecular complexity index is 464. The van der Waals surface area contributed by atoms with Crippen molar-refractivity contribution in [2.24, 2.45) is 0 Å². The van der Waals surface area contributed by atoms with E-state index < -0.39 is 5.97 Å². The first-order valence-electron chi connectivity index (χ1n) is 5.62. The molecule has 0 saturated heterocycles. The summed E-state index contributed by atoms with van der Waals surface area (Å²) in [5, 5.41) is 22.1. The summed E-state index contributed by atoms with van der Waals surface area (Å²) in [7, 11) is 0. The van der Waals surface area contributed by atoms with Gasteiger partial charge in [-0.1, -0.05) is 0 Å². The number of aromatic nitrogens is 2. The standard InChI is InChI=1S/C11H14N2O4/c14-6-5-13-10(11(16)17)7-3-1-2-4-8(15)9(7)12-13/h14H,1-6H2,(H,16,17). The van der Waals surface area contributed by atoms with E-state index in [9.17, 15) is 9.59 Å². The minimum Gasteiger partial charge on any atom is -0.477 e. The van der Waals surface area contributed by atoms with Gasteiger partial charge in [0.1, 0.15) is 11.4 Å². The molecule has 6 nitrogen and oxygen atoms in total. The van der Waals surface area contributed by atoms with Crippen molar-refractivity contribution < 1.29 is 19.8 Å². The molecule has 0 spiro atoms. The van der Waals surface area contributed by atoms with E-state index >= 15 is 0 Å². The Hall–Kier alpha value is -1.69. The van der Waals surface area contributed by atoms with Crippen LogP contribution >= 0.6 is 0 Å². The zero-order chi connectivity index (χ0) is 12.4. The maximum Gasteiger partial charge on any atom is 0.354 e. The van der Waals surface area contributed by atoms with Gasteiger partial charge in [-0.15, -0.1) is 0 Å². The van der Waals surface area contributed by atoms with Crippen LogP contribution in [0, 0.1) is 0 Å². The lowest BCUT2D eigenvalue weighted by atomic mass is 10.1. The summed E-state index contributed by atoms with van der Waals surface area (Å²) < 4.78 is 1.22. The lowest BCUT2D eigenvalue weighted by molar-refractivity contribution is 0.0680. The van der Waals surface area contributed by atoms with E-state index in [0.29, 0.717) is 18.4 Å². The molecule has 92 valence electrons. The molecule has 1 aliphatic carbocycles. The summed E-state index contributed by atoms with van der Waals surface area (Å²) >= 11 is 0. The molecule has 0 amide bonds. The second-order valence-electron chi connectivity index (χ2n) is 4.06. The number of nitrogens with zero attached hydrogens (tertiary/aromatic N) is 2. The molecule has 0 unspecified atom stereocenters. The highest BCUT2D eigenvalue weighted by Gasteiger charge is 2.27. The fourth-order valence-corrected chi connectivity index (χ4v) is 2.16. The normalized spacial score (nSPS) is 15.5. The van der Waals surface area contributed by atoms with Crippen molar-refractivity contribution in [2.75, 3.05) is 6.61 Å². The number of aliphatic hydroxyl groups excluding tert-OH is 1. The SMILES string of the molecule is O=C1CCCCc2c1nn(CCO)c2C(=O)O. The van der Waals surface area contributed by atoms with Gasteiger partial charge in [-0.25, -0.2) is 4.79 Å². The van der Waals surface area contributed by atoms with E-state index in [2.05, 4.69) is 5.10 Å². The Morgan fingerprint density at radius 1 is 1.35 bits per heavy atom. The second kappa shape index (κ2) is 4.67. The first kappa shape index (κ1) is 11.8. The number of hydrogen-bond donors (Lipinski definition) is 2. The quantitative estimate of drug-likeness (QED) is 0.747. The van der Waals surface area contributed by atoms with Crippen LogP contribution in [0.5, 0.6) is 0 Å². The lowest BCUT2D eigenvalue weighted by Crippen LogP contribution is -2.13. The molecule has 2 rings (SSSR count). The van der Waals surface area contributed by atoms with Gasteiger partial charge < -0.3 is 10.2 Å². The first-order chi connectivity index (χ1) is 8.15. The maximum atomic E-state index is 11.8. The van der Waals surface area contributed by atoms with Crippen molar-refractivity contribution in [3.8, 4) is 0 Å². The molecule has 6 heteroatoms. The Kier molecular flexibility index (Phi) is 3.23. The Morgan fingerprint density at radius 2 is 2.06 bits per heavy atom. The van der Waals surface area contributed by atoms with Crippen molar-refractivity contribution in [1.82, 2.24) is 9.78 Å². The lowest BCUT2D eigenvalue weighted by Gasteiger charge is -2.03. The van der Waals surface area contributed by atoms with Gasteiger partial charge in [0.15, 0.2) is 5.78 Å². The smallest absolute Gasteiger partial charge is 0.354 e. The predicted octanol–water partition coefficient (Wildman–Crippen LogP) is 0.483. The predicted molar refractivity (Wildman–Crippen MR) is 58.2 cm³/mol. The summed E-state index contributed by atoms with van der Waals surface area (Å²) in [6.45, 7) is -0.100. The zero-order valence-corrected chi connectivity index (χ0v) is 9.35. The van der Waals surface area contributed by atoms with Gasteiger partial charge in [0.05, 0.1) is 13.2 Å². The van der Waals surface area contributed by atoms with Crippen molar-refractivity contribution in [1.29, 1.82) is 0 Å². The average molecular weight is 238 g/mol. The molecule has 0 saturated carbocycles. The van der Waals surface area contributed by atoms with Crippen LogP contribution in [0.2, 0.25) is 0 Å². The number of aromatic carboxylic acids is 1. The number of carboxylic acid groups (broad SMARTS) is 1. The number of carbonyl (C=O) groups excluding carboxylic acids is 1. The average Bonchev–Trinajstić information content (AvgIpc) is 2.54. The molecular formula is C11H14N2O4. The maximum absolute atomic E-state index is 11.8. The molecule has 1 aromatic heterocycles. The molecule has 0 radical (unpaired) electrons. The zero-order valence-electron chi connectivity index (χ0n) is 9.35. The van der Waals surface area contributed by atoms with Crippen LogP contribution in [0.25, 0.3) is 0 Å². The molecular weight excluding hydrogens is 224 g/mol. The Morgan fingerprint density at radius 3 is 2.71 bits per heavy atom. The van der Waals surface area contributed by atoms with Crippen LogP contribution in [0.3, 0.4) is 0 Å². The monoisotopic (exact) mass is 238 g/mol. The summed E-state index contributed by atoms with van der Waals surface area (Å²) in [6.07, 6.45) is 2.55. The topological polar surface area (TPSA) is 92.4 Å². The Labute approximate surface area is 97.9 Å². The molecule has 2 N–H and O–H groups in total. The van der Waals surface area contributed by atoms with Crippen molar-refractivity contribution >= 4 is 11.8 Å². The van der Waals surface area contributed by atoms with E-state index in [1.54, 1.807) is 0 Å².